The summed E-state index contributed by atoms with van der Waals surface area (Å²) in [4.78, 5) is 15.7. The summed E-state index contributed by atoms with van der Waals surface area (Å²) in [7, 11) is 0. The fourth-order valence-corrected chi connectivity index (χ4v) is 1.83. The molecule has 0 aliphatic rings. The van der Waals surface area contributed by atoms with Crippen molar-refractivity contribution < 1.29 is 9.53 Å². The Bertz CT molecular complexity index is 629. The maximum absolute atomic E-state index is 11.7. The highest BCUT2D eigenvalue weighted by atomic mass is 35.5. The Kier molecular flexibility index (Phi) is 5.60. The van der Waals surface area contributed by atoms with Gasteiger partial charge < -0.3 is 15.4 Å². The number of aromatic nitrogens is 3. The van der Waals surface area contributed by atoms with Crippen LogP contribution in [0, 0.1) is 0 Å². The van der Waals surface area contributed by atoms with E-state index in [0.717, 1.165) is 0 Å². The molecule has 2 amide bonds. The molecule has 0 spiro atoms. The van der Waals surface area contributed by atoms with Gasteiger partial charge in [0.2, 0.25) is 5.88 Å². The molecule has 2 heterocycles. The van der Waals surface area contributed by atoms with Crippen molar-refractivity contribution in [3.63, 3.8) is 0 Å². The Balaban J connectivity index is 1.70. The van der Waals surface area contributed by atoms with Crippen LogP contribution in [-0.4, -0.2) is 33.9 Å². The number of amides is 2. The molecule has 118 valence electrons. The van der Waals surface area contributed by atoms with Crippen molar-refractivity contribution >= 4 is 23.3 Å². The van der Waals surface area contributed by atoms with Gasteiger partial charge in [-0.1, -0.05) is 11.6 Å². The molecule has 0 unspecified atom stereocenters. The first-order chi connectivity index (χ1) is 10.6. The van der Waals surface area contributed by atoms with E-state index in [4.69, 9.17) is 16.3 Å². The Morgan fingerprint density at radius 2 is 2.32 bits per heavy atom. The van der Waals surface area contributed by atoms with Gasteiger partial charge >= 0.3 is 6.03 Å². The number of halogens is 1. The summed E-state index contributed by atoms with van der Waals surface area (Å²) in [5, 5.41) is 9.95. The van der Waals surface area contributed by atoms with Gasteiger partial charge in [-0.25, -0.2) is 9.78 Å². The van der Waals surface area contributed by atoms with E-state index in [1.54, 1.807) is 35.4 Å². The Morgan fingerprint density at radius 3 is 3.00 bits per heavy atom. The molecule has 0 radical (unpaired) electrons. The minimum absolute atomic E-state index is 0.245. The molecule has 8 heteroatoms. The van der Waals surface area contributed by atoms with Crippen molar-refractivity contribution in [3.05, 3.63) is 35.7 Å². The number of carbonyl (C=O) groups excluding carboxylic acids is 1. The average Bonchev–Trinajstić information content (AvgIpc) is 2.94. The van der Waals surface area contributed by atoms with Crippen LogP contribution in [0.3, 0.4) is 0 Å². The van der Waals surface area contributed by atoms with Gasteiger partial charge in [-0.3, -0.25) is 4.68 Å². The standard InChI is InChI=1S/C14H18ClN5O2/c1-10(2)20-9-11(8-18-20)19-14(21)17-6-7-22-13-12(15)4-3-5-16-13/h3-5,8-10H,6-7H2,1-2H3,(H2,17,19,21). The SMILES string of the molecule is CC(C)n1cc(NC(=O)NCCOc2ncccc2Cl)cn1. The minimum atomic E-state index is -0.320. The van der Waals surface area contributed by atoms with E-state index < -0.39 is 0 Å². The van der Waals surface area contributed by atoms with E-state index in [0.29, 0.717) is 23.1 Å². The number of rotatable bonds is 6. The molecule has 0 aromatic carbocycles. The van der Waals surface area contributed by atoms with Crippen LogP contribution >= 0.6 is 11.6 Å². The summed E-state index contributed by atoms with van der Waals surface area (Å²) < 4.78 is 7.14. The number of anilines is 1. The van der Waals surface area contributed by atoms with Crippen LogP contribution in [0.2, 0.25) is 5.02 Å². The zero-order chi connectivity index (χ0) is 15.9. The van der Waals surface area contributed by atoms with E-state index in [1.807, 2.05) is 13.8 Å². The third-order valence-corrected chi connectivity index (χ3v) is 3.03. The molecule has 0 saturated carbocycles. The number of pyridine rings is 1. The summed E-state index contributed by atoms with van der Waals surface area (Å²) in [6.07, 6.45) is 4.96. The topological polar surface area (TPSA) is 81.1 Å². The molecule has 0 aliphatic carbocycles. The molecule has 2 N–H and O–H groups in total. The highest BCUT2D eigenvalue weighted by Crippen LogP contribution is 2.19. The maximum Gasteiger partial charge on any atom is 0.319 e. The third kappa shape index (κ3) is 4.63. The Morgan fingerprint density at radius 1 is 1.50 bits per heavy atom. The first kappa shape index (κ1) is 16.1. The van der Waals surface area contributed by atoms with Gasteiger partial charge in [0.1, 0.15) is 11.6 Å². The number of nitrogens with zero attached hydrogens (tertiary/aromatic N) is 3. The minimum Gasteiger partial charge on any atom is -0.475 e. The fourth-order valence-electron chi connectivity index (χ4n) is 1.65. The molecular weight excluding hydrogens is 306 g/mol. The molecule has 2 aromatic heterocycles. The van der Waals surface area contributed by atoms with Crippen LogP contribution in [0.15, 0.2) is 30.7 Å². The van der Waals surface area contributed by atoms with Crippen molar-refractivity contribution in [1.82, 2.24) is 20.1 Å². The maximum atomic E-state index is 11.7. The molecule has 2 aromatic rings. The second kappa shape index (κ2) is 7.65. The quantitative estimate of drug-likeness (QED) is 0.801. The van der Waals surface area contributed by atoms with E-state index in [1.165, 1.54) is 0 Å². The van der Waals surface area contributed by atoms with Gasteiger partial charge in [0, 0.05) is 18.4 Å². The number of ether oxygens (including phenoxy) is 1. The molecular formula is C14H18ClN5O2. The summed E-state index contributed by atoms with van der Waals surface area (Å²) >= 11 is 5.90. The van der Waals surface area contributed by atoms with Gasteiger partial charge in [0.15, 0.2) is 0 Å². The lowest BCUT2D eigenvalue weighted by Crippen LogP contribution is -2.32. The summed E-state index contributed by atoms with van der Waals surface area (Å²) in [5.41, 5.74) is 0.639. The second-order valence-corrected chi connectivity index (χ2v) is 5.23. The second-order valence-electron chi connectivity index (χ2n) is 4.82. The number of nitrogens with one attached hydrogen (secondary N) is 2. The molecule has 22 heavy (non-hydrogen) atoms. The van der Waals surface area contributed by atoms with Gasteiger partial charge in [0.05, 0.1) is 18.4 Å². The molecule has 0 bridgehead atoms. The van der Waals surface area contributed by atoms with Crippen molar-refractivity contribution in [2.24, 2.45) is 0 Å². The lowest BCUT2D eigenvalue weighted by Gasteiger charge is -2.08. The van der Waals surface area contributed by atoms with Crippen molar-refractivity contribution in [3.8, 4) is 5.88 Å². The summed E-state index contributed by atoms with van der Waals surface area (Å²) in [6, 6.07) is 3.34. The molecule has 0 saturated heterocycles. The van der Waals surface area contributed by atoms with E-state index in [9.17, 15) is 4.79 Å². The van der Waals surface area contributed by atoms with Crippen LogP contribution < -0.4 is 15.4 Å². The van der Waals surface area contributed by atoms with Crippen LogP contribution in [0.5, 0.6) is 5.88 Å². The lowest BCUT2D eigenvalue weighted by molar-refractivity contribution is 0.246. The summed E-state index contributed by atoms with van der Waals surface area (Å²) in [5.74, 6) is 0.351. The highest BCUT2D eigenvalue weighted by molar-refractivity contribution is 6.31. The van der Waals surface area contributed by atoms with Crippen LogP contribution in [0.1, 0.15) is 19.9 Å². The fraction of sp³-hybridized carbons (Fsp3) is 0.357. The number of hydrogen-bond donors (Lipinski definition) is 2. The zero-order valence-electron chi connectivity index (χ0n) is 12.4. The van der Waals surface area contributed by atoms with E-state index >= 15 is 0 Å². The molecule has 2 rings (SSSR count). The monoisotopic (exact) mass is 323 g/mol. The lowest BCUT2D eigenvalue weighted by atomic mass is 10.4. The van der Waals surface area contributed by atoms with Crippen molar-refractivity contribution in [2.75, 3.05) is 18.5 Å². The molecule has 0 aliphatic heterocycles. The van der Waals surface area contributed by atoms with E-state index in [2.05, 4.69) is 20.7 Å². The predicted molar refractivity (Wildman–Crippen MR) is 84.4 cm³/mol. The first-order valence-electron chi connectivity index (χ1n) is 6.88. The largest absolute Gasteiger partial charge is 0.475 e. The van der Waals surface area contributed by atoms with Gasteiger partial charge in [-0.15, -0.1) is 0 Å². The number of carbonyl (C=O) groups is 1. The normalized spacial score (nSPS) is 10.5. The number of hydrogen-bond acceptors (Lipinski definition) is 4. The van der Waals surface area contributed by atoms with Gasteiger partial charge in [0.25, 0.3) is 0 Å². The smallest absolute Gasteiger partial charge is 0.319 e. The predicted octanol–water partition coefficient (Wildman–Crippen LogP) is 2.71. The van der Waals surface area contributed by atoms with Crippen LogP contribution in [0.25, 0.3) is 0 Å². The summed E-state index contributed by atoms with van der Waals surface area (Å²) in [6.45, 7) is 4.63. The van der Waals surface area contributed by atoms with E-state index in [-0.39, 0.29) is 18.7 Å². The first-order valence-corrected chi connectivity index (χ1v) is 7.26. The highest BCUT2D eigenvalue weighted by Gasteiger charge is 2.06. The van der Waals surface area contributed by atoms with Gasteiger partial charge in [-0.05, 0) is 26.0 Å². The van der Waals surface area contributed by atoms with Crippen molar-refractivity contribution in [1.29, 1.82) is 0 Å². The third-order valence-electron chi connectivity index (χ3n) is 2.74. The molecule has 0 fully saturated rings. The van der Waals surface area contributed by atoms with Crippen molar-refractivity contribution in [2.45, 2.75) is 19.9 Å². The Labute approximate surface area is 133 Å². The molecule has 7 nitrogen and oxygen atoms in total. The Hall–Kier alpha value is -2.28. The van der Waals surface area contributed by atoms with Crippen LogP contribution in [0.4, 0.5) is 10.5 Å². The molecule has 0 atom stereocenters. The van der Waals surface area contributed by atoms with Gasteiger partial charge in [-0.2, -0.15) is 5.10 Å². The average molecular weight is 324 g/mol. The zero-order valence-corrected chi connectivity index (χ0v) is 13.2. The van der Waals surface area contributed by atoms with Crippen LogP contribution in [-0.2, 0) is 0 Å². The number of urea groups is 1.